The summed E-state index contributed by atoms with van der Waals surface area (Å²) in [5, 5.41) is 9.63. The molecule has 27 heavy (non-hydrogen) atoms. The molecular weight excluding hydrogens is 338 g/mol. The van der Waals surface area contributed by atoms with Gasteiger partial charge in [-0.3, -0.25) is 4.90 Å². The van der Waals surface area contributed by atoms with Gasteiger partial charge in [0.25, 0.3) is 0 Å². The lowest BCUT2D eigenvalue weighted by atomic mass is 9.92. The van der Waals surface area contributed by atoms with Crippen molar-refractivity contribution in [2.75, 3.05) is 49.1 Å². The fourth-order valence-electron chi connectivity index (χ4n) is 5.18. The molecule has 0 radical (unpaired) electrons. The molecule has 150 valence electrons. The van der Waals surface area contributed by atoms with E-state index in [-0.39, 0.29) is 6.61 Å². The predicted octanol–water partition coefficient (Wildman–Crippen LogP) is 2.67. The molecule has 0 unspecified atom stereocenters. The summed E-state index contributed by atoms with van der Waals surface area (Å²) in [6.07, 6.45) is 13.2. The SMILES string of the molecule is OCC[C@H]1CN(c2cc(N3CCCCC3)ncn2)CCN1C1CCCCC1. The minimum atomic E-state index is 0.268. The maximum atomic E-state index is 9.63. The fourth-order valence-corrected chi connectivity index (χ4v) is 5.18. The maximum Gasteiger partial charge on any atom is 0.134 e. The van der Waals surface area contributed by atoms with Gasteiger partial charge in [-0.2, -0.15) is 0 Å². The Bertz CT molecular complexity index is 586. The van der Waals surface area contributed by atoms with Gasteiger partial charge in [0.05, 0.1) is 0 Å². The van der Waals surface area contributed by atoms with Crippen LogP contribution in [0.3, 0.4) is 0 Å². The van der Waals surface area contributed by atoms with Crippen LogP contribution < -0.4 is 9.80 Å². The third kappa shape index (κ3) is 4.54. The molecule has 3 fully saturated rings. The Kier molecular flexibility index (Phi) is 6.45. The molecular formula is C21H35N5O. The van der Waals surface area contributed by atoms with Crippen LogP contribution in [0.15, 0.2) is 12.4 Å². The van der Waals surface area contributed by atoms with Gasteiger partial charge in [-0.25, -0.2) is 9.97 Å². The lowest BCUT2D eigenvalue weighted by Gasteiger charge is -2.46. The number of aliphatic hydroxyl groups excluding tert-OH is 1. The number of piperidine rings is 1. The van der Waals surface area contributed by atoms with Gasteiger partial charge in [0.15, 0.2) is 0 Å². The lowest BCUT2D eigenvalue weighted by molar-refractivity contribution is 0.0756. The highest BCUT2D eigenvalue weighted by molar-refractivity contribution is 5.50. The molecule has 4 rings (SSSR count). The van der Waals surface area contributed by atoms with E-state index in [1.165, 1.54) is 51.4 Å². The average Bonchev–Trinajstić information content (AvgIpc) is 2.75. The Balaban J connectivity index is 1.45. The first-order valence-corrected chi connectivity index (χ1v) is 11.0. The highest BCUT2D eigenvalue weighted by Crippen LogP contribution is 2.29. The highest BCUT2D eigenvalue weighted by Gasteiger charge is 2.33. The Morgan fingerprint density at radius 3 is 2.30 bits per heavy atom. The van der Waals surface area contributed by atoms with Gasteiger partial charge in [-0.1, -0.05) is 19.3 Å². The van der Waals surface area contributed by atoms with Crippen molar-refractivity contribution in [3.05, 3.63) is 12.4 Å². The van der Waals surface area contributed by atoms with E-state index in [1.54, 1.807) is 6.33 Å². The summed E-state index contributed by atoms with van der Waals surface area (Å²) in [6, 6.07) is 3.32. The van der Waals surface area contributed by atoms with Crippen molar-refractivity contribution >= 4 is 11.6 Å². The standard InChI is InChI=1S/C21H35N5O/c27-14-9-19-16-25(12-13-26(19)18-7-3-1-4-8-18)21-15-20(22-17-23-21)24-10-5-2-6-11-24/h15,17-19,27H,1-14,16H2/t19-/m0/s1. The van der Waals surface area contributed by atoms with Crippen LogP contribution >= 0.6 is 0 Å². The van der Waals surface area contributed by atoms with Gasteiger partial charge in [0.1, 0.15) is 18.0 Å². The van der Waals surface area contributed by atoms with Gasteiger partial charge >= 0.3 is 0 Å². The number of nitrogens with zero attached hydrogens (tertiary/aromatic N) is 5. The summed E-state index contributed by atoms with van der Waals surface area (Å²) in [5.41, 5.74) is 0. The number of anilines is 2. The summed E-state index contributed by atoms with van der Waals surface area (Å²) in [4.78, 5) is 16.6. The van der Waals surface area contributed by atoms with Gasteiger partial charge in [-0.15, -0.1) is 0 Å². The molecule has 6 nitrogen and oxygen atoms in total. The van der Waals surface area contributed by atoms with Crippen LogP contribution in [-0.2, 0) is 0 Å². The zero-order valence-electron chi connectivity index (χ0n) is 16.6. The van der Waals surface area contributed by atoms with Crippen molar-refractivity contribution in [2.45, 2.75) is 69.9 Å². The minimum absolute atomic E-state index is 0.268. The van der Waals surface area contributed by atoms with Crippen LogP contribution in [0.1, 0.15) is 57.8 Å². The molecule has 0 amide bonds. The van der Waals surface area contributed by atoms with E-state index in [0.717, 1.165) is 50.8 Å². The first kappa shape index (κ1) is 18.9. The molecule has 1 aromatic heterocycles. The van der Waals surface area contributed by atoms with Crippen LogP contribution in [0.25, 0.3) is 0 Å². The second kappa shape index (κ2) is 9.20. The molecule has 2 saturated heterocycles. The molecule has 0 bridgehead atoms. The molecule has 1 aromatic rings. The van der Waals surface area contributed by atoms with E-state index in [0.29, 0.717) is 12.1 Å². The first-order valence-electron chi connectivity index (χ1n) is 11.0. The number of hydrogen-bond donors (Lipinski definition) is 1. The minimum Gasteiger partial charge on any atom is -0.396 e. The Morgan fingerprint density at radius 2 is 1.56 bits per heavy atom. The smallest absolute Gasteiger partial charge is 0.134 e. The second-order valence-corrected chi connectivity index (χ2v) is 8.42. The number of hydrogen-bond acceptors (Lipinski definition) is 6. The van der Waals surface area contributed by atoms with Crippen LogP contribution in [0.4, 0.5) is 11.6 Å². The van der Waals surface area contributed by atoms with Crippen molar-refractivity contribution < 1.29 is 5.11 Å². The van der Waals surface area contributed by atoms with Gasteiger partial charge in [-0.05, 0) is 38.5 Å². The number of rotatable bonds is 5. The molecule has 1 aliphatic carbocycles. The predicted molar refractivity (Wildman–Crippen MR) is 109 cm³/mol. The van der Waals surface area contributed by atoms with E-state index in [9.17, 15) is 5.11 Å². The van der Waals surface area contributed by atoms with Crippen molar-refractivity contribution in [1.82, 2.24) is 14.9 Å². The van der Waals surface area contributed by atoms with E-state index in [4.69, 9.17) is 0 Å². The Hall–Kier alpha value is -1.40. The summed E-state index contributed by atoms with van der Waals surface area (Å²) in [7, 11) is 0. The topological polar surface area (TPSA) is 55.7 Å². The molecule has 1 saturated carbocycles. The molecule has 6 heteroatoms. The largest absolute Gasteiger partial charge is 0.396 e. The quantitative estimate of drug-likeness (QED) is 0.856. The molecule has 3 heterocycles. The third-order valence-corrected chi connectivity index (χ3v) is 6.68. The molecule has 0 aromatic carbocycles. The van der Waals surface area contributed by atoms with Crippen molar-refractivity contribution in [3.8, 4) is 0 Å². The normalized spacial score (nSPS) is 25.7. The number of aromatic nitrogens is 2. The monoisotopic (exact) mass is 373 g/mol. The molecule has 0 spiro atoms. The van der Waals surface area contributed by atoms with E-state index < -0.39 is 0 Å². The van der Waals surface area contributed by atoms with Crippen LogP contribution in [0.5, 0.6) is 0 Å². The molecule has 1 atom stereocenters. The number of aliphatic hydroxyl groups is 1. The Labute approximate surface area is 163 Å². The van der Waals surface area contributed by atoms with E-state index >= 15 is 0 Å². The van der Waals surface area contributed by atoms with Crippen molar-refractivity contribution in [1.29, 1.82) is 0 Å². The fraction of sp³-hybridized carbons (Fsp3) is 0.810. The van der Waals surface area contributed by atoms with Crippen LogP contribution in [0, 0.1) is 0 Å². The van der Waals surface area contributed by atoms with Crippen molar-refractivity contribution in [2.24, 2.45) is 0 Å². The summed E-state index contributed by atoms with van der Waals surface area (Å²) >= 11 is 0. The van der Waals surface area contributed by atoms with Gasteiger partial charge in [0.2, 0.25) is 0 Å². The summed E-state index contributed by atoms with van der Waals surface area (Å²) in [5.74, 6) is 2.13. The summed E-state index contributed by atoms with van der Waals surface area (Å²) in [6.45, 7) is 5.56. The van der Waals surface area contributed by atoms with Crippen LogP contribution in [0.2, 0.25) is 0 Å². The van der Waals surface area contributed by atoms with Crippen molar-refractivity contribution in [3.63, 3.8) is 0 Å². The zero-order chi connectivity index (χ0) is 18.5. The molecule has 1 N–H and O–H groups in total. The maximum absolute atomic E-state index is 9.63. The number of piperazine rings is 1. The lowest BCUT2D eigenvalue weighted by Crippen LogP contribution is -2.57. The highest BCUT2D eigenvalue weighted by atomic mass is 16.3. The van der Waals surface area contributed by atoms with E-state index in [2.05, 4.69) is 30.7 Å². The second-order valence-electron chi connectivity index (χ2n) is 8.42. The molecule has 2 aliphatic heterocycles. The van der Waals surface area contributed by atoms with Crippen LogP contribution in [-0.4, -0.2) is 71.4 Å². The van der Waals surface area contributed by atoms with Gasteiger partial charge < -0.3 is 14.9 Å². The van der Waals surface area contributed by atoms with Gasteiger partial charge in [0, 0.05) is 57.5 Å². The molecule has 3 aliphatic rings. The van der Waals surface area contributed by atoms with E-state index in [1.807, 2.05) is 0 Å². The Morgan fingerprint density at radius 1 is 0.852 bits per heavy atom. The zero-order valence-corrected chi connectivity index (χ0v) is 16.6. The average molecular weight is 374 g/mol. The summed E-state index contributed by atoms with van der Waals surface area (Å²) < 4.78 is 0. The first-order chi connectivity index (χ1) is 13.3. The third-order valence-electron chi connectivity index (χ3n) is 6.68.